The fourth-order valence-electron chi connectivity index (χ4n) is 6.22. The van der Waals surface area contributed by atoms with Crippen molar-refractivity contribution in [3.05, 3.63) is 41.7 Å². The highest BCUT2D eigenvalue weighted by atomic mass is 19.4. The molecule has 7 rings (SSSR count). The summed E-state index contributed by atoms with van der Waals surface area (Å²) in [6, 6.07) is 2.80. The lowest BCUT2D eigenvalue weighted by Crippen LogP contribution is -2.79. The van der Waals surface area contributed by atoms with E-state index in [1.54, 1.807) is 22.0 Å². The Morgan fingerprint density at radius 2 is 1.92 bits per heavy atom. The second-order valence-electron chi connectivity index (χ2n) is 10.7. The fourth-order valence-corrected chi connectivity index (χ4v) is 6.22. The number of rotatable bonds is 5. The Labute approximate surface area is 212 Å². The third-order valence-electron chi connectivity index (χ3n) is 7.95. The molecule has 2 N–H and O–H groups in total. The van der Waals surface area contributed by atoms with E-state index in [1.165, 1.54) is 0 Å². The maximum atomic E-state index is 13.0. The average Bonchev–Trinajstić information content (AvgIpc) is 3.42. The first kappa shape index (κ1) is 25.3. The molecule has 206 valence electrons. The van der Waals surface area contributed by atoms with Gasteiger partial charge in [0.25, 0.3) is 5.91 Å². The highest BCUT2D eigenvalue weighted by Gasteiger charge is 2.70. The summed E-state index contributed by atoms with van der Waals surface area (Å²) in [4.78, 5) is 14.7. The van der Waals surface area contributed by atoms with Gasteiger partial charge >= 0.3 is 12.5 Å². The second-order valence-corrected chi connectivity index (χ2v) is 10.7. The quantitative estimate of drug-likeness (QED) is 0.557. The third kappa shape index (κ3) is 4.36. The van der Waals surface area contributed by atoms with E-state index in [-0.39, 0.29) is 36.2 Å². The van der Waals surface area contributed by atoms with Crippen LogP contribution in [0.1, 0.15) is 49.3 Å². The molecule has 1 amide bonds. The lowest BCUT2D eigenvalue weighted by Gasteiger charge is -2.70. The summed E-state index contributed by atoms with van der Waals surface area (Å²) >= 11 is 0. The molecule has 2 aromatic rings. The van der Waals surface area contributed by atoms with Crippen molar-refractivity contribution in [1.82, 2.24) is 15.1 Å². The van der Waals surface area contributed by atoms with Crippen LogP contribution in [0.25, 0.3) is 0 Å². The molecular formula is C24H24F6N4O4. The van der Waals surface area contributed by atoms with E-state index in [0.717, 1.165) is 18.2 Å². The standard InChI is InChI=1S/C24H24F6N4O4/c25-23(26,27)13-1-2-18-16(5-13)17(35)6-19(37-18)20(36)32-21-10-22(11-21,12-21)34-8-14(7-31-34)33-4-3-15(9-33)38-24(28,29)30/h1-2,5,7-8,15,17,19,35H,3-4,6,9-12H2,(H,32,36)/t15-,17-,19-,21?,22?/m1/s1. The minimum atomic E-state index is -4.67. The van der Waals surface area contributed by atoms with E-state index in [2.05, 4.69) is 15.2 Å². The van der Waals surface area contributed by atoms with Crippen molar-refractivity contribution >= 4 is 11.6 Å². The first-order chi connectivity index (χ1) is 17.7. The number of amides is 1. The van der Waals surface area contributed by atoms with Crippen LogP contribution in [0, 0.1) is 0 Å². The van der Waals surface area contributed by atoms with E-state index < -0.39 is 47.9 Å². The molecule has 0 spiro atoms. The molecule has 4 fully saturated rings. The number of nitrogens with zero attached hydrogens (tertiary/aromatic N) is 3. The molecule has 0 radical (unpaired) electrons. The number of nitrogens with one attached hydrogen (secondary N) is 1. The van der Waals surface area contributed by atoms with Gasteiger partial charge in [0.2, 0.25) is 0 Å². The van der Waals surface area contributed by atoms with Crippen molar-refractivity contribution in [3.8, 4) is 5.75 Å². The Morgan fingerprint density at radius 3 is 2.61 bits per heavy atom. The number of alkyl halides is 6. The molecule has 3 heterocycles. The van der Waals surface area contributed by atoms with Gasteiger partial charge in [0.15, 0.2) is 6.10 Å². The minimum absolute atomic E-state index is 0.00267. The van der Waals surface area contributed by atoms with E-state index in [0.29, 0.717) is 31.5 Å². The first-order valence-electron chi connectivity index (χ1n) is 12.2. The zero-order chi connectivity index (χ0) is 27.1. The monoisotopic (exact) mass is 546 g/mol. The molecule has 0 unspecified atom stereocenters. The molecule has 1 saturated heterocycles. The Kier molecular flexibility index (Phi) is 5.49. The molecule has 14 heteroatoms. The van der Waals surface area contributed by atoms with E-state index >= 15 is 0 Å². The zero-order valence-corrected chi connectivity index (χ0v) is 19.8. The number of carbonyl (C=O) groups excluding carboxylic acids is 1. The summed E-state index contributed by atoms with van der Waals surface area (Å²) in [5.41, 5.74) is -0.949. The fraction of sp³-hybridized carbons (Fsp3) is 0.583. The second kappa shape index (κ2) is 8.25. The van der Waals surface area contributed by atoms with Crippen LogP contribution in [0.3, 0.4) is 0 Å². The number of hydrogen-bond donors (Lipinski definition) is 2. The molecule has 5 aliphatic rings. The highest BCUT2D eigenvalue weighted by Crippen LogP contribution is 2.65. The van der Waals surface area contributed by atoms with Gasteiger partial charge in [0, 0.05) is 36.8 Å². The van der Waals surface area contributed by atoms with Gasteiger partial charge in [0.05, 0.1) is 35.2 Å². The van der Waals surface area contributed by atoms with E-state index in [1.807, 2.05) is 0 Å². The molecule has 1 aromatic heterocycles. The number of ether oxygens (including phenoxy) is 2. The Balaban J connectivity index is 1.04. The third-order valence-corrected chi connectivity index (χ3v) is 7.95. The van der Waals surface area contributed by atoms with Crippen LogP contribution >= 0.6 is 0 Å². The molecule has 2 bridgehead atoms. The number of fused-ring (bicyclic) bond motifs is 1. The number of hydrogen-bond acceptors (Lipinski definition) is 6. The van der Waals surface area contributed by atoms with Crippen LogP contribution in [-0.2, 0) is 21.2 Å². The Morgan fingerprint density at radius 1 is 1.18 bits per heavy atom. The molecule has 1 aromatic carbocycles. The number of halogens is 6. The number of anilines is 1. The van der Waals surface area contributed by atoms with Crippen molar-refractivity contribution in [2.75, 3.05) is 18.0 Å². The molecular weight excluding hydrogens is 522 g/mol. The SMILES string of the molecule is O=C(NC12CC(n3cc(N4CC[C@@H](OC(F)(F)F)C4)cn3)(C1)C2)[C@H]1C[C@@H](O)c2cc(C(F)(F)F)ccc2O1. The summed E-state index contributed by atoms with van der Waals surface area (Å²) in [5, 5.41) is 17.8. The summed E-state index contributed by atoms with van der Waals surface area (Å²) in [6.45, 7) is 0.541. The largest absolute Gasteiger partial charge is 0.522 e. The smallest absolute Gasteiger partial charge is 0.480 e. The first-order valence-corrected chi connectivity index (χ1v) is 12.2. The number of benzene rings is 1. The van der Waals surface area contributed by atoms with Crippen LogP contribution in [0.4, 0.5) is 32.0 Å². The van der Waals surface area contributed by atoms with Gasteiger partial charge in [-0.3, -0.25) is 14.2 Å². The molecule has 3 aliphatic carbocycles. The van der Waals surface area contributed by atoms with Gasteiger partial charge in [-0.25, -0.2) is 0 Å². The summed E-state index contributed by atoms with van der Waals surface area (Å²) in [7, 11) is 0. The maximum absolute atomic E-state index is 13.0. The zero-order valence-electron chi connectivity index (χ0n) is 19.8. The number of aliphatic hydroxyl groups excluding tert-OH is 1. The van der Waals surface area contributed by atoms with Crippen LogP contribution in [-0.4, -0.2) is 58.0 Å². The minimum Gasteiger partial charge on any atom is -0.480 e. The van der Waals surface area contributed by atoms with Crippen LogP contribution in [0.5, 0.6) is 5.75 Å². The molecule has 2 aliphatic heterocycles. The normalized spacial score (nSPS) is 32.2. The van der Waals surface area contributed by atoms with Crippen molar-refractivity contribution in [1.29, 1.82) is 0 Å². The predicted molar refractivity (Wildman–Crippen MR) is 118 cm³/mol. The molecule has 3 saturated carbocycles. The van der Waals surface area contributed by atoms with Crippen LogP contribution < -0.4 is 15.0 Å². The number of carbonyl (C=O) groups is 1. The average molecular weight is 546 g/mol. The van der Waals surface area contributed by atoms with Crippen LogP contribution in [0.15, 0.2) is 30.6 Å². The van der Waals surface area contributed by atoms with Gasteiger partial charge < -0.3 is 20.1 Å². The lowest BCUT2D eigenvalue weighted by molar-refractivity contribution is -0.339. The van der Waals surface area contributed by atoms with E-state index in [9.17, 15) is 36.2 Å². The Bertz CT molecular complexity index is 1240. The molecule has 3 atom stereocenters. The van der Waals surface area contributed by atoms with Crippen molar-refractivity contribution in [3.63, 3.8) is 0 Å². The number of aliphatic hydroxyl groups is 1. The predicted octanol–water partition coefficient (Wildman–Crippen LogP) is 3.65. The molecule has 38 heavy (non-hydrogen) atoms. The Hall–Kier alpha value is -3.00. The van der Waals surface area contributed by atoms with Gasteiger partial charge in [-0.2, -0.15) is 18.3 Å². The van der Waals surface area contributed by atoms with Crippen LogP contribution in [0.2, 0.25) is 0 Å². The van der Waals surface area contributed by atoms with Gasteiger partial charge in [-0.05, 0) is 43.9 Å². The maximum Gasteiger partial charge on any atom is 0.522 e. The lowest BCUT2D eigenvalue weighted by atomic mass is 9.44. The summed E-state index contributed by atoms with van der Waals surface area (Å²) < 4.78 is 88.0. The van der Waals surface area contributed by atoms with Gasteiger partial charge in [-0.1, -0.05) is 0 Å². The summed E-state index contributed by atoms with van der Waals surface area (Å²) in [6.07, 6.45) is -7.15. The highest BCUT2D eigenvalue weighted by molar-refractivity contribution is 5.83. The summed E-state index contributed by atoms with van der Waals surface area (Å²) in [5.74, 6) is -0.406. The molecule has 8 nitrogen and oxygen atoms in total. The van der Waals surface area contributed by atoms with Crippen molar-refractivity contribution in [2.45, 2.75) is 74.0 Å². The topological polar surface area (TPSA) is 88.9 Å². The van der Waals surface area contributed by atoms with Gasteiger partial charge in [0.1, 0.15) is 5.75 Å². The van der Waals surface area contributed by atoms with Crippen molar-refractivity contribution < 1.29 is 45.7 Å². The van der Waals surface area contributed by atoms with Gasteiger partial charge in [-0.15, -0.1) is 13.2 Å². The number of aromatic nitrogens is 2. The van der Waals surface area contributed by atoms with Crippen molar-refractivity contribution in [2.24, 2.45) is 0 Å². The van der Waals surface area contributed by atoms with E-state index in [4.69, 9.17) is 4.74 Å².